The molecule has 3 heteroatoms. The Bertz CT molecular complexity index is 20.9. The Morgan fingerprint density at radius 2 is 0.769 bits per heavy atom. The van der Waals surface area contributed by atoms with E-state index in [1.807, 2.05) is 40.5 Å². The van der Waals surface area contributed by atoms with Crippen LogP contribution in [0.15, 0.2) is 0 Å². The van der Waals surface area contributed by atoms with E-state index in [1.54, 1.807) is 13.8 Å². The number of aliphatic hydroxyl groups is 2. The summed E-state index contributed by atoms with van der Waals surface area (Å²) in [5, 5.41) is 15.1. The Morgan fingerprint density at radius 1 is 0.769 bits per heavy atom. The molecule has 0 rings (SSSR count). The minimum atomic E-state index is 0. The number of hydrogen-bond acceptors (Lipinski definition) is 2. The van der Waals surface area contributed by atoms with E-state index >= 15 is 0 Å². The van der Waals surface area contributed by atoms with Crippen molar-refractivity contribution in [3.05, 3.63) is 12.8 Å². The Balaban J connectivity index is -0.0000000213. The van der Waals surface area contributed by atoms with Gasteiger partial charge < -0.3 is 23.1 Å². The molecule has 0 aromatic heterocycles. The summed E-state index contributed by atoms with van der Waals surface area (Å²) in [7, 11) is 0. The standard InChI is InChI=1S/2C3H7.2C2H6O.Ti/c2*1-3-2;2*1-2-3;/h2*3H,1-2H3;2*3H,2H2,1H3;/q2*-1;;;+2. The van der Waals surface area contributed by atoms with E-state index in [0.717, 1.165) is 0 Å². The monoisotopic (exact) mass is 226 g/mol. The maximum absolute atomic E-state index is 7.57. The second-order valence-corrected chi connectivity index (χ2v) is 1.79. The number of rotatable bonds is 0. The molecule has 0 spiro atoms. The maximum Gasteiger partial charge on any atom is 2.00 e. The summed E-state index contributed by atoms with van der Waals surface area (Å²) in [5.41, 5.74) is 0. The van der Waals surface area contributed by atoms with Gasteiger partial charge in [0.05, 0.1) is 0 Å². The van der Waals surface area contributed by atoms with Crippen LogP contribution in [-0.4, -0.2) is 23.4 Å². The van der Waals surface area contributed by atoms with E-state index in [1.165, 1.54) is 0 Å². The van der Waals surface area contributed by atoms with Gasteiger partial charge >= 0.3 is 21.7 Å². The first-order valence-electron chi connectivity index (χ1n) is 4.36. The van der Waals surface area contributed by atoms with Crippen LogP contribution in [0.25, 0.3) is 0 Å². The first-order chi connectivity index (χ1) is 5.66. The molecule has 0 aliphatic carbocycles. The van der Waals surface area contributed by atoms with Gasteiger partial charge in [0.25, 0.3) is 0 Å². The molecule has 2 nitrogen and oxygen atoms in total. The van der Waals surface area contributed by atoms with Gasteiger partial charge in [-0.2, -0.15) is 27.7 Å². The topological polar surface area (TPSA) is 40.5 Å². The molecule has 2 N–H and O–H groups in total. The molecule has 0 radical (unpaired) electrons. The van der Waals surface area contributed by atoms with Gasteiger partial charge in [-0.3, -0.25) is 0 Å². The third-order valence-electron chi connectivity index (χ3n) is 0. The van der Waals surface area contributed by atoms with Crippen molar-refractivity contribution in [1.82, 2.24) is 0 Å². The molecule has 82 valence electrons. The minimum Gasteiger partial charge on any atom is -0.397 e. The molecular formula is C10H26O2Ti. The molecule has 13 heavy (non-hydrogen) atoms. The van der Waals surface area contributed by atoms with Gasteiger partial charge in [0.2, 0.25) is 0 Å². The molecule has 0 aliphatic heterocycles. The quantitative estimate of drug-likeness (QED) is 0.492. The summed E-state index contributed by atoms with van der Waals surface area (Å²) < 4.78 is 0. The summed E-state index contributed by atoms with van der Waals surface area (Å²) in [6.07, 6.45) is 4.00. The molecule has 0 unspecified atom stereocenters. The Hall–Kier alpha value is 0.634. The van der Waals surface area contributed by atoms with Crippen LogP contribution in [0.5, 0.6) is 0 Å². The van der Waals surface area contributed by atoms with E-state index in [4.69, 9.17) is 10.2 Å². The average molecular weight is 226 g/mol. The van der Waals surface area contributed by atoms with Crippen LogP contribution in [0, 0.1) is 12.8 Å². The molecule has 0 heterocycles. The normalized spacial score (nSPS) is 5.54. The van der Waals surface area contributed by atoms with Crippen LogP contribution < -0.4 is 0 Å². The largest absolute Gasteiger partial charge is 2.00 e. The van der Waals surface area contributed by atoms with Crippen LogP contribution in [0.3, 0.4) is 0 Å². The fourth-order valence-corrected chi connectivity index (χ4v) is 0. The molecule has 0 aromatic carbocycles. The second-order valence-electron chi connectivity index (χ2n) is 1.79. The third-order valence-corrected chi connectivity index (χ3v) is 0. The SMILES string of the molecule is CCO.CCO.C[CH-]C.C[CH-]C.[Ti+2]. The zero-order valence-electron chi connectivity index (χ0n) is 9.96. The molecule has 0 atom stereocenters. The summed E-state index contributed by atoms with van der Waals surface area (Å²) in [4.78, 5) is 0. The van der Waals surface area contributed by atoms with Crippen molar-refractivity contribution < 1.29 is 31.9 Å². The smallest absolute Gasteiger partial charge is 0.397 e. The van der Waals surface area contributed by atoms with Crippen LogP contribution >= 0.6 is 0 Å². The molecule has 0 fully saturated rings. The molecule has 0 saturated carbocycles. The van der Waals surface area contributed by atoms with E-state index in [-0.39, 0.29) is 34.9 Å². The maximum atomic E-state index is 7.57. The summed E-state index contributed by atoms with van der Waals surface area (Å²) in [6.45, 7) is 11.9. The summed E-state index contributed by atoms with van der Waals surface area (Å²) in [6, 6.07) is 0. The van der Waals surface area contributed by atoms with Crippen molar-refractivity contribution in [1.29, 1.82) is 0 Å². The van der Waals surface area contributed by atoms with E-state index < -0.39 is 0 Å². The van der Waals surface area contributed by atoms with Gasteiger partial charge in [-0.25, -0.2) is 0 Å². The van der Waals surface area contributed by atoms with Crippen molar-refractivity contribution in [3.8, 4) is 0 Å². The van der Waals surface area contributed by atoms with Gasteiger partial charge in [-0.1, -0.05) is 0 Å². The van der Waals surface area contributed by atoms with Crippen molar-refractivity contribution in [2.75, 3.05) is 13.2 Å². The van der Waals surface area contributed by atoms with Gasteiger partial charge in [-0.15, -0.1) is 0 Å². The van der Waals surface area contributed by atoms with Gasteiger partial charge in [-0.05, 0) is 13.8 Å². The average Bonchev–Trinajstić information content (AvgIpc) is 1.92. The summed E-state index contributed by atoms with van der Waals surface area (Å²) in [5.74, 6) is 0. The second kappa shape index (κ2) is 79.6. The zero-order chi connectivity index (χ0) is 10.8. The molecule has 0 aliphatic rings. The Morgan fingerprint density at radius 3 is 0.769 bits per heavy atom. The van der Waals surface area contributed by atoms with Crippen LogP contribution in [0.4, 0.5) is 0 Å². The Kier molecular flexibility index (Phi) is 179. The predicted molar refractivity (Wildman–Crippen MR) is 56.8 cm³/mol. The molecule has 0 bridgehead atoms. The van der Waals surface area contributed by atoms with E-state index in [2.05, 4.69) is 0 Å². The molecule has 0 amide bonds. The summed E-state index contributed by atoms with van der Waals surface area (Å²) >= 11 is 0. The van der Waals surface area contributed by atoms with Crippen molar-refractivity contribution >= 4 is 0 Å². The molecule has 0 aromatic rings. The minimum absolute atomic E-state index is 0. The Labute approximate surface area is 99.6 Å². The van der Waals surface area contributed by atoms with Gasteiger partial charge in [0.1, 0.15) is 0 Å². The first-order valence-corrected chi connectivity index (χ1v) is 4.36. The van der Waals surface area contributed by atoms with Crippen LogP contribution in [-0.2, 0) is 21.7 Å². The van der Waals surface area contributed by atoms with Crippen LogP contribution in [0.1, 0.15) is 41.5 Å². The molecule has 0 saturated heterocycles. The fourth-order valence-electron chi connectivity index (χ4n) is 0. The van der Waals surface area contributed by atoms with E-state index in [0.29, 0.717) is 0 Å². The van der Waals surface area contributed by atoms with Gasteiger partial charge in [0.15, 0.2) is 0 Å². The zero-order valence-corrected chi connectivity index (χ0v) is 11.5. The van der Waals surface area contributed by atoms with Crippen molar-refractivity contribution in [3.63, 3.8) is 0 Å². The number of aliphatic hydroxyl groups excluding tert-OH is 2. The predicted octanol–water partition coefficient (Wildman–Crippen LogP) is 2.46. The van der Waals surface area contributed by atoms with Crippen LogP contribution in [0.2, 0.25) is 0 Å². The van der Waals surface area contributed by atoms with Crippen molar-refractivity contribution in [2.45, 2.75) is 41.5 Å². The van der Waals surface area contributed by atoms with E-state index in [9.17, 15) is 0 Å². The fraction of sp³-hybridized carbons (Fsp3) is 0.800. The third kappa shape index (κ3) is 3550. The van der Waals surface area contributed by atoms with Gasteiger partial charge in [0, 0.05) is 13.2 Å². The molecular weight excluding hydrogens is 200 g/mol. The number of hydrogen-bond donors (Lipinski definition) is 2. The first kappa shape index (κ1) is 29.2. The van der Waals surface area contributed by atoms with Crippen molar-refractivity contribution in [2.24, 2.45) is 0 Å².